The zero-order chi connectivity index (χ0) is 14.9. The lowest BCUT2D eigenvalue weighted by Crippen LogP contribution is -2.55. The van der Waals surface area contributed by atoms with Gasteiger partial charge in [0.2, 0.25) is 0 Å². The second-order valence-electron chi connectivity index (χ2n) is 7.68. The molecule has 0 radical (unpaired) electrons. The predicted molar refractivity (Wildman–Crippen MR) is 80.5 cm³/mol. The van der Waals surface area contributed by atoms with Gasteiger partial charge >= 0.3 is 0 Å². The molecule has 0 aromatic carbocycles. The highest BCUT2D eigenvalue weighted by molar-refractivity contribution is 5.02. The highest BCUT2D eigenvalue weighted by Crippen LogP contribution is 2.54. The van der Waals surface area contributed by atoms with Crippen LogP contribution in [0.5, 0.6) is 0 Å². The van der Waals surface area contributed by atoms with E-state index in [1.165, 1.54) is 0 Å². The average molecular weight is 258 g/mol. The normalized spacial score (nSPS) is 17.3. The molecule has 0 unspecified atom stereocenters. The predicted octanol–water partition coefficient (Wildman–Crippen LogP) is 5.96. The van der Waals surface area contributed by atoms with Crippen LogP contribution in [0.2, 0.25) is 0 Å². The summed E-state index contributed by atoms with van der Waals surface area (Å²) in [6, 6.07) is 0. The van der Waals surface area contributed by atoms with Crippen molar-refractivity contribution in [1.82, 2.24) is 0 Å². The molecular weight excluding hydrogens is 223 g/mol. The Balaban J connectivity index is 5.68. The van der Waals surface area contributed by atoms with E-state index in [9.17, 15) is 0 Å². The van der Waals surface area contributed by atoms with Crippen LogP contribution >= 0.6 is 0 Å². The molecule has 0 aromatic heterocycles. The molecule has 0 rings (SSSR count). The van der Waals surface area contributed by atoms with E-state index >= 15 is 4.39 Å². The molecule has 110 valence electrons. The second-order valence-corrected chi connectivity index (χ2v) is 7.68. The van der Waals surface area contributed by atoms with Crippen LogP contribution in [0.25, 0.3) is 0 Å². The summed E-state index contributed by atoms with van der Waals surface area (Å²) in [5, 5.41) is 0. The first kappa shape index (κ1) is 17.9. The number of hydrogen-bond acceptors (Lipinski definition) is 0. The lowest BCUT2D eigenvalue weighted by molar-refractivity contribution is -0.116. The van der Waals surface area contributed by atoms with Gasteiger partial charge in [0.1, 0.15) is 5.67 Å². The number of hydrogen-bond donors (Lipinski definition) is 0. The lowest BCUT2D eigenvalue weighted by Gasteiger charge is -2.53. The molecule has 0 aliphatic carbocycles. The largest absolute Gasteiger partial charge is 0.243 e. The van der Waals surface area contributed by atoms with E-state index < -0.39 is 5.67 Å². The van der Waals surface area contributed by atoms with E-state index in [2.05, 4.69) is 62.3 Å². The zero-order valence-corrected chi connectivity index (χ0v) is 14.3. The van der Waals surface area contributed by atoms with Gasteiger partial charge in [-0.2, -0.15) is 0 Å². The molecule has 0 N–H and O–H groups in total. The topological polar surface area (TPSA) is 0 Å². The van der Waals surface area contributed by atoms with E-state index in [-0.39, 0.29) is 11.3 Å². The number of alkyl halides is 1. The van der Waals surface area contributed by atoms with Crippen LogP contribution in [0.3, 0.4) is 0 Å². The Morgan fingerprint density at radius 3 is 1.11 bits per heavy atom. The van der Waals surface area contributed by atoms with Crippen LogP contribution in [0, 0.1) is 35.0 Å². The van der Waals surface area contributed by atoms with Gasteiger partial charge in [0.15, 0.2) is 0 Å². The fourth-order valence-electron chi connectivity index (χ4n) is 4.18. The van der Waals surface area contributed by atoms with Crippen molar-refractivity contribution in [1.29, 1.82) is 0 Å². The summed E-state index contributed by atoms with van der Waals surface area (Å²) in [5.74, 6) is 1.53. The van der Waals surface area contributed by atoms with Gasteiger partial charge in [-0.05, 0) is 36.5 Å². The molecule has 1 heteroatoms. The quantitative estimate of drug-likeness (QED) is 0.551. The van der Waals surface area contributed by atoms with Crippen molar-refractivity contribution < 1.29 is 4.39 Å². The molecule has 0 amide bonds. The summed E-state index contributed by atoms with van der Waals surface area (Å²) in [5.41, 5.74) is -1.43. The summed E-state index contributed by atoms with van der Waals surface area (Å²) in [6.07, 6.45) is 0. The third kappa shape index (κ3) is 2.91. The van der Waals surface area contributed by atoms with E-state index in [1.54, 1.807) is 0 Å². The van der Waals surface area contributed by atoms with Gasteiger partial charge in [0.25, 0.3) is 0 Å². The molecule has 0 bridgehead atoms. The minimum atomic E-state index is -1.14. The van der Waals surface area contributed by atoms with Crippen molar-refractivity contribution in [2.24, 2.45) is 35.0 Å². The summed E-state index contributed by atoms with van der Waals surface area (Å²) in [6.45, 7) is 21.3. The monoisotopic (exact) mass is 258 g/mol. The van der Waals surface area contributed by atoms with E-state index in [0.717, 1.165) is 0 Å². The Morgan fingerprint density at radius 1 is 0.667 bits per heavy atom. The highest BCUT2D eigenvalue weighted by atomic mass is 19.1. The average Bonchev–Trinajstić information content (AvgIpc) is 2.12. The molecule has 0 saturated heterocycles. The standard InChI is InChI=1S/C17H35F/c1-11(2)15(12(3)4)17(10,18)16(9,13(5)6)14(7)8/h11-15H,1-10H3/t17-/m0/s1. The van der Waals surface area contributed by atoms with Gasteiger partial charge in [-0.25, -0.2) is 4.39 Å². The van der Waals surface area contributed by atoms with Crippen molar-refractivity contribution in [2.75, 3.05) is 0 Å². The van der Waals surface area contributed by atoms with Crippen LogP contribution in [-0.4, -0.2) is 5.67 Å². The first-order valence-corrected chi connectivity index (χ1v) is 7.59. The van der Waals surface area contributed by atoms with Crippen LogP contribution in [0.4, 0.5) is 4.39 Å². The van der Waals surface area contributed by atoms with Crippen molar-refractivity contribution in [3.63, 3.8) is 0 Å². The Bertz CT molecular complexity index is 232. The third-order valence-corrected chi connectivity index (χ3v) is 5.51. The second kappa shape index (κ2) is 5.92. The van der Waals surface area contributed by atoms with Gasteiger partial charge < -0.3 is 0 Å². The first-order chi connectivity index (χ1) is 7.90. The molecule has 0 saturated carbocycles. The Morgan fingerprint density at radius 2 is 0.944 bits per heavy atom. The molecular formula is C17H35F. The van der Waals surface area contributed by atoms with Crippen LogP contribution < -0.4 is 0 Å². The number of halogens is 1. The van der Waals surface area contributed by atoms with Gasteiger partial charge in [-0.1, -0.05) is 62.3 Å². The highest BCUT2D eigenvalue weighted by Gasteiger charge is 2.54. The smallest absolute Gasteiger partial charge is 0.117 e. The van der Waals surface area contributed by atoms with Crippen molar-refractivity contribution in [2.45, 2.75) is 74.9 Å². The Labute approximate surface area is 115 Å². The Kier molecular flexibility index (Phi) is 5.90. The van der Waals surface area contributed by atoms with E-state index in [0.29, 0.717) is 23.7 Å². The number of rotatable bonds is 6. The summed E-state index contributed by atoms with van der Waals surface area (Å²) < 4.78 is 15.8. The van der Waals surface area contributed by atoms with Gasteiger partial charge in [0, 0.05) is 5.41 Å². The molecule has 0 heterocycles. The molecule has 0 spiro atoms. The molecule has 0 aromatic rings. The van der Waals surface area contributed by atoms with Crippen molar-refractivity contribution >= 4 is 0 Å². The molecule has 0 fully saturated rings. The minimum Gasteiger partial charge on any atom is -0.243 e. The van der Waals surface area contributed by atoms with Crippen LogP contribution in [-0.2, 0) is 0 Å². The maximum atomic E-state index is 15.8. The summed E-state index contributed by atoms with van der Waals surface area (Å²) in [4.78, 5) is 0. The maximum Gasteiger partial charge on any atom is 0.117 e. The molecule has 1 atom stereocenters. The van der Waals surface area contributed by atoms with Gasteiger partial charge in [0.05, 0.1) is 0 Å². The van der Waals surface area contributed by atoms with Crippen LogP contribution in [0.1, 0.15) is 69.2 Å². The minimum absolute atomic E-state index is 0.104. The molecule has 0 aliphatic heterocycles. The molecule has 0 aliphatic rings. The fraction of sp³-hybridized carbons (Fsp3) is 1.00. The van der Waals surface area contributed by atoms with Crippen molar-refractivity contribution in [3.05, 3.63) is 0 Å². The molecule has 0 nitrogen and oxygen atoms in total. The lowest BCUT2D eigenvalue weighted by atomic mass is 9.54. The third-order valence-electron chi connectivity index (χ3n) is 5.51. The van der Waals surface area contributed by atoms with Crippen molar-refractivity contribution in [3.8, 4) is 0 Å². The maximum absolute atomic E-state index is 15.8. The molecule has 18 heavy (non-hydrogen) atoms. The fourth-order valence-corrected chi connectivity index (χ4v) is 4.18. The SMILES string of the molecule is CC(C)C(C(C)C)[C@](C)(F)C(C)(C(C)C)C(C)C. The first-order valence-electron chi connectivity index (χ1n) is 7.59. The zero-order valence-electron chi connectivity index (χ0n) is 14.3. The van der Waals surface area contributed by atoms with Gasteiger partial charge in [-0.3, -0.25) is 0 Å². The van der Waals surface area contributed by atoms with E-state index in [1.807, 2.05) is 6.92 Å². The van der Waals surface area contributed by atoms with Crippen LogP contribution in [0.15, 0.2) is 0 Å². The Hall–Kier alpha value is -0.0700. The summed E-state index contributed by atoms with van der Waals surface area (Å²) in [7, 11) is 0. The van der Waals surface area contributed by atoms with E-state index in [4.69, 9.17) is 0 Å². The van der Waals surface area contributed by atoms with Gasteiger partial charge in [-0.15, -0.1) is 0 Å². The summed E-state index contributed by atoms with van der Waals surface area (Å²) >= 11 is 0.